The molecule has 0 bridgehead atoms. The number of nitrogens with zero attached hydrogens (tertiary/aromatic N) is 1. The van der Waals surface area contributed by atoms with Crippen LogP contribution >= 0.6 is 0 Å². The number of carbonyl (C=O) groups excluding carboxylic acids is 3. The Morgan fingerprint density at radius 1 is 1.00 bits per heavy atom. The summed E-state index contributed by atoms with van der Waals surface area (Å²) >= 11 is 0. The number of nitrogens with two attached hydrogens (primary N) is 2. The SMILES string of the molecule is NCCCCC(NC(=O)C1CCCN1C(=O)C(N)Cc1c[nH]c2ccccc12)C(=O)NC(Cc1ccc(O)cc1)C(=O)O. The number of aromatic amines is 1. The molecule has 12 heteroatoms. The normalized spacial score (nSPS) is 16.9. The van der Waals surface area contributed by atoms with Crippen LogP contribution in [0.3, 0.4) is 0 Å². The highest BCUT2D eigenvalue weighted by molar-refractivity contribution is 5.94. The summed E-state index contributed by atoms with van der Waals surface area (Å²) in [4.78, 5) is 56.8. The lowest BCUT2D eigenvalue weighted by Gasteiger charge is -2.28. The van der Waals surface area contributed by atoms with Crippen molar-refractivity contribution in [2.75, 3.05) is 13.1 Å². The van der Waals surface area contributed by atoms with Crippen molar-refractivity contribution in [3.05, 3.63) is 65.9 Å². The quantitative estimate of drug-likeness (QED) is 0.135. The average molecular weight is 593 g/mol. The number of carbonyl (C=O) groups is 4. The maximum Gasteiger partial charge on any atom is 0.326 e. The van der Waals surface area contributed by atoms with Crippen molar-refractivity contribution >= 4 is 34.6 Å². The zero-order chi connectivity index (χ0) is 30.9. The van der Waals surface area contributed by atoms with Crippen LogP contribution in [0.4, 0.5) is 0 Å². The molecule has 12 nitrogen and oxygen atoms in total. The van der Waals surface area contributed by atoms with Gasteiger partial charge in [0.1, 0.15) is 23.9 Å². The predicted molar refractivity (Wildman–Crippen MR) is 161 cm³/mol. The van der Waals surface area contributed by atoms with Crippen molar-refractivity contribution in [3.8, 4) is 5.75 Å². The fourth-order valence-electron chi connectivity index (χ4n) is 5.51. The van der Waals surface area contributed by atoms with Crippen LogP contribution in [0.25, 0.3) is 10.9 Å². The van der Waals surface area contributed by atoms with E-state index >= 15 is 0 Å². The summed E-state index contributed by atoms with van der Waals surface area (Å²) in [6.45, 7) is 0.774. The van der Waals surface area contributed by atoms with E-state index in [1.54, 1.807) is 12.1 Å². The lowest BCUT2D eigenvalue weighted by Crippen LogP contribution is -2.57. The van der Waals surface area contributed by atoms with E-state index in [1.165, 1.54) is 17.0 Å². The van der Waals surface area contributed by atoms with Crippen molar-refractivity contribution in [2.24, 2.45) is 11.5 Å². The number of aromatic nitrogens is 1. The minimum atomic E-state index is -1.25. The molecule has 3 aromatic rings. The van der Waals surface area contributed by atoms with Gasteiger partial charge in [-0.3, -0.25) is 14.4 Å². The maximum absolute atomic E-state index is 13.5. The Balaban J connectivity index is 1.41. The zero-order valence-electron chi connectivity index (χ0n) is 24.0. The number of rotatable bonds is 14. The van der Waals surface area contributed by atoms with E-state index < -0.39 is 42.0 Å². The lowest BCUT2D eigenvalue weighted by molar-refractivity contribution is -0.143. The Bertz CT molecular complexity index is 1420. The number of likely N-dealkylation sites (tertiary alicyclic amines) is 1. The number of nitrogens with one attached hydrogen (secondary N) is 3. The molecule has 1 aliphatic rings. The first-order valence-electron chi connectivity index (χ1n) is 14.6. The van der Waals surface area contributed by atoms with E-state index in [-0.39, 0.29) is 24.5 Å². The second kappa shape index (κ2) is 14.7. The van der Waals surface area contributed by atoms with E-state index in [1.807, 2.05) is 30.5 Å². The zero-order valence-corrected chi connectivity index (χ0v) is 24.0. The topological polar surface area (TPSA) is 204 Å². The van der Waals surface area contributed by atoms with Gasteiger partial charge in [-0.2, -0.15) is 0 Å². The minimum Gasteiger partial charge on any atom is -0.508 e. The number of hydrogen-bond donors (Lipinski definition) is 7. The smallest absolute Gasteiger partial charge is 0.326 e. The van der Waals surface area contributed by atoms with Gasteiger partial charge < -0.3 is 42.2 Å². The molecule has 230 valence electrons. The van der Waals surface area contributed by atoms with E-state index in [0.717, 1.165) is 16.5 Å². The van der Waals surface area contributed by atoms with Crippen LogP contribution in [0.15, 0.2) is 54.7 Å². The number of carboxylic acids is 1. The first-order valence-corrected chi connectivity index (χ1v) is 14.6. The molecule has 2 heterocycles. The molecule has 0 aliphatic carbocycles. The Morgan fingerprint density at radius 3 is 2.47 bits per heavy atom. The van der Waals surface area contributed by atoms with E-state index in [9.17, 15) is 29.4 Å². The number of para-hydroxylation sites is 1. The molecule has 1 aliphatic heterocycles. The lowest BCUT2D eigenvalue weighted by atomic mass is 10.0. The second-order valence-electron chi connectivity index (χ2n) is 11.0. The number of hydrogen-bond acceptors (Lipinski definition) is 7. The summed E-state index contributed by atoms with van der Waals surface area (Å²) in [7, 11) is 0. The molecule has 0 saturated carbocycles. The van der Waals surface area contributed by atoms with Gasteiger partial charge in [0, 0.05) is 30.1 Å². The fourth-order valence-corrected chi connectivity index (χ4v) is 5.51. The molecular weight excluding hydrogens is 552 g/mol. The van der Waals surface area contributed by atoms with Gasteiger partial charge >= 0.3 is 5.97 Å². The maximum atomic E-state index is 13.5. The Kier molecular flexibility index (Phi) is 10.7. The standard InChI is InChI=1S/C31H40N6O6/c32-14-4-3-8-25(28(39)36-26(31(42)43)16-19-10-12-21(38)13-11-19)35-29(40)27-9-5-15-37(27)30(41)23(33)17-20-18-34-24-7-2-1-6-22(20)24/h1-2,6-7,10-13,18,23,25-27,34,38H,3-5,8-9,14-17,32-33H2,(H,35,40)(H,36,39)(H,42,43). The highest BCUT2D eigenvalue weighted by atomic mass is 16.4. The summed E-state index contributed by atoms with van der Waals surface area (Å²) in [5.41, 5.74) is 14.4. The number of unbranched alkanes of at least 4 members (excludes halogenated alkanes) is 1. The number of H-pyrrole nitrogens is 1. The molecule has 1 saturated heterocycles. The molecule has 4 unspecified atom stereocenters. The van der Waals surface area contributed by atoms with Crippen molar-refractivity contribution in [2.45, 2.75) is 69.1 Å². The Morgan fingerprint density at radius 2 is 1.74 bits per heavy atom. The molecular formula is C31H40N6O6. The molecule has 0 spiro atoms. The number of amides is 3. The molecule has 3 amide bonds. The third-order valence-corrected chi connectivity index (χ3v) is 7.84. The molecule has 0 radical (unpaired) electrons. The van der Waals surface area contributed by atoms with Crippen LogP contribution in [-0.4, -0.2) is 81.0 Å². The predicted octanol–water partition coefficient (Wildman–Crippen LogP) is 1.16. The highest BCUT2D eigenvalue weighted by Crippen LogP contribution is 2.22. The Hall–Kier alpha value is -4.42. The second-order valence-corrected chi connectivity index (χ2v) is 11.0. The van der Waals surface area contributed by atoms with Crippen molar-refractivity contribution in [3.63, 3.8) is 0 Å². The van der Waals surface area contributed by atoms with Crippen LogP contribution in [0, 0.1) is 0 Å². The molecule has 9 N–H and O–H groups in total. The van der Waals surface area contributed by atoms with Gasteiger partial charge in [0.2, 0.25) is 17.7 Å². The minimum absolute atomic E-state index is 0.00988. The van der Waals surface area contributed by atoms with Crippen molar-refractivity contribution in [1.29, 1.82) is 0 Å². The molecule has 2 aromatic carbocycles. The number of benzene rings is 2. The third kappa shape index (κ3) is 8.11. The monoisotopic (exact) mass is 592 g/mol. The summed E-state index contributed by atoms with van der Waals surface area (Å²) in [5, 5.41) is 25.6. The molecule has 1 aromatic heterocycles. The van der Waals surface area contributed by atoms with Gasteiger partial charge in [0.25, 0.3) is 0 Å². The first kappa shape index (κ1) is 31.5. The van der Waals surface area contributed by atoms with Crippen LogP contribution in [-0.2, 0) is 32.0 Å². The number of aliphatic carboxylic acids is 1. The Labute approximate surface area is 249 Å². The summed E-state index contributed by atoms with van der Waals surface area (Å²) in [6, 6.07) is 9.85. The summed E-state index contributed by atoms with van der Waals surface area (Å²) in [5.74, 6) is -2.65. The van der Waals surface area contributed by atoms with Gasteiger partial charge in [0.15, 0.2) is 0 Å². The van der Waals surface area contributed by atoms with Crippen LogP contribution in [0.5, 0.6) is 5.75 Å². The number of carboxylic acid groups (broad SMARTS) is 1. The van der Waals surface area contributed by atoms with Gasteiger partial charge in [-0.15, -0.1) is 0 Å². The number of phenols is 1. The van der Waals surface area contributed by atoms with Gasteiger partial charge in [-0.05, 0) is 74.4 Å². The molecule has 43 heavy (non-hydrogen) atoms. The molecule has 4 atom stereocenters. The first-order chi connectivity index (χ1) is 20.7. The fraction of sp³-hybridized carbons (Fsp3) is 0.419. The van der Waals surface area contributed by atoms with Crippen LogP contribution in [0.2, 0.25) is 0 Å². The number of phenolic OH excluding ortho intramolecular Hbond substituents is 1. The number of aromatic hydroxyl groups is 1. The largest absolute Gasteiger partial charge is 0.508 e. The van der Waals surface area contributed by atoms with Gasteiger partial charge in [-0.1, -0.05) is 30.3 Å². The van der Waals surface area contributed by atoms with Gasteiger partial charge in [0.05, 0.1) is 6.04 Å². The third-order valence-electron chi connectivity index (χ3n) is 7.84. The average Bonchev–Trinajstić information content (AvgIpc) is 3.65. The van der Waals surface area contributed by atoms with Crippen LogP contribution in [0.1, 0.15) is 43.2 Å². The van der Waals surface area contributed by atoms with E-state index in [0.29, 0.717) is 50.8 Å². The number of fused-ring (bicyclic) bond motifs is 1. The molecule has 1 fully saturated rings. The van der Waals surface area contributed by atoms with E-state index in [4.69, 9.17) is 11.5 Å². The van der Waals surface area contributed by atoms with E-state index in [2.05, 4.69) is 15.6 Å². The molecule has 4 rings (SSSR count). The summed E-state index contributed by atoms with van der Waals surface area (Å²) in [6.07, 6.45) is 4.57. The summed E-state index contributed by atoms with van der Waals surface area (Å²) < 4.78 is 0. The van der Waals surface area contributed by atoms with Crippen molar-refractivity contribution in [1.82, 2.24) is 20.5 Å². The van der Waals surface area contributed by atoms with Gasteiger partial charge in [-0.25, -0.2) is 4.79 Å². The highest BCUT2D eigenvalue weighted by Gasteiger charge is 2.38. The van der Waals surface area contributed by atoms with Crippen molar-refractivity contribution < 1.29 is 29.4 Å². The van der Waals surface area contributed by atoms with Crippen LogP contribution < -0.4 is 22.1 Å².